The van der Waals surface area contributed by atoms with Crippen LogP contribution in [0.3, 0.4) is 0 Å². The Morgan fingerprint density at radius 3 is 2.30 bits per heavy atom. The number of aliphatic carboxylic acids is 1. The molecule has 1 saturated heterocycles. The van der Waals surface area contributed by atoms with E-state index in [2.05, 4.69) is 4.90 Å². The van der Waals surface area contributed by atoms with E-state index < -0.39 is 5.97 Å². The molecule has 1 aliphatic rings. The Labute approximate surface area is 119 Å². The van der Waals surface area contributed by atoms with Gasteiger partial charge in [-0.2, -0.15) is 0 Å². The number of nitrogens with zero attached hydrogens (tertiary/aromatic N) is 1. The van der Waals surface area contributed by atoms with Gasteiger partial charge in [-0.1, -0.05) is 6.92 Å². The van der Waals surface area contributed by atoms with E-state index in [0.717, 1.165) is 18.7 Å². The highest BCUT2D eigenvalue weighted by molar-refractivity contribution is 5.72. The number of hydrogen-bond donors (Lipinski definition) is 1. The summed E-state index contributed by atoms with van der Waals surface area (Å²) in [7, 11) is 3.19. The molecule has 5 heteroatoms. The molecule has 1 heterocycles. The van der Waals surface area contributed by atoms with Crippen LogP contribution in [0.15, 0.2) is 18.2 Å². The van der Waals surface area contributed by atoms with Gasteiger partial charge in [0.2, 0.25) is 0 Å². The first-order chi connectivity index (χ1) is 9.58. The van der Waals surface area contributed by atoms with E-state index in [4.69, 9.17) is 9.47 Å². The molecule has 5 nitrogen and oxygen atoms in total. The Balaban J connectivity index is 2.35. The fourth-order valence-corrected chi connectivity index (χ4v) is 2.77. The third-order valence-corrected chi connectivity index (χ3v) is 3.96. The molecule has 1 aromatic carbocycles. The van der Waals surface area contributed by atoms with Gasteiger partial charge in [-0.3, -0.25) is 4.79 Å². The second-order valence-electron chi connectivity index (χ2n) is 5.05. The van der Waals surface area contributed by atoms with Crippen molar-refractivity contribution in [3.8, 4) is 11.5 Å². The van der Waals surface area contributed by atoms with E-state index >= 15 is 0 Å². The molecule has 110 valence electrons. The van der Waals surface area contributed by atoms with E-state index in [1.54, 1.807) is 20.3 Å². The van der Waals surface area contributed by atoms with Crippen molar-refractivity contribution < 1.29 is 19.4 Å². The Bertz CT molecular complexity index is 467. The minimum Gasteiger partial charge on any atom is -0.497 e. The third-order valence-electron chi connectivity index (χ3n) is 3.96. The molecule has 0 saturated carbocycles. The van der Waals surface area contributed by atoms with E-state index in [9.17, 15) is 9.90 Å². The van der Waals surface area contributed by atoms with Crippen LogP contribution in [0.5, 0.6) is 11.5 Å². The second-order valence-corrected chi connectivity index (χ2v) is 5.05. The van der Waals surface area contributed by atoms with Crippen LogP contribution in [0.1, 0.15) is 18.4 Å². The summed E-state index contributed by atoms with van der Waals surface area (Å²) in [5, 5.41) is 9.42. The average Bonchev–Trinajstić information content (AvgIpc) is 2.91. The van der Waals surface area contributed by atoms with Crippen LogP contribution in [-0.4, -0.2) is 49.8 Å². The average molecular weight is 279 g/mol. The summed E-state index contributed by atoms with van der Waals surface area (Å²) >= 11 is 0. The second kappa shape index (κ2) is 6.13. The molecule has 2 rings (SSSR count). The fourth-order valence-electron chi connectivity index (χ4n) is 2.77. The minimum absolute atomic E-state index is 0.0311. The molecule has 2 atom stereocenters. The summed E-state index contributed by atoms with van der Waals surface area (Å²) < 4.78 is 10.5. The van der Waals surface area contributed by atoms with Crippen molar-refractivity contribution in [2.45, 2.75) is 12.8 Å². The Hall–Kier alpha value is -1.75. The first kappa shape index (κ1) is 14.7. The predicted molar refractivity (Wildman–Crippen MR) is 75.5 cm³/mol. The lowest BCUT2D eigenvalue weighted by molar-refractivity contribution is -0.141. The summed E-state index contributed by atoms with van der Waals surface area (Å²) in [6.45, 7) is 4.26. The molecule has 0 aromatic heterocycles. The van der Waals surface area contributed by atoms with Gasteiger partial charge < -0.3 is 19.5 Å². The number of methoxy groups -OCH3 is 2. The molecule has 2 unspecified atom stereocenters. The van der Waals surface area contributed by atoms with Crippen molar-refractivity contribution in [1.82, 2.24) is 4.90 Å². The lowest BCUT2D eigenvalue weighted by Crippen LogP contribution is -2.23. The summed E-state index contributed by atoms with van der Waals surface area (Å²) in [6.07, 6.45) is 0. The highest BCUT2D eigenvalue weighted by Crippen LogP contribution is 2.36. The molecule has 1 fully saturated rings. The molecule has 0 bridgehead atoms. The molecule has 0 aliphatic carbocycles. The van der Waals surface area contributed by atoms with Gasteiger partial charge in [0.15, 0.2) is 0 Å². The number of benzene rings is 1. The normalized spacial score (nSPS) is 22.8. The van der Waals surface area contributed by atoms with Gasteiger partial charge in [-0.05, 0) is 24.2 Å². The van der Waals surface area contributed by atoms with Crippen LogP contribution in [-0.2, 0) is 4.79 Å². The summed E-state index contributed by atoms with van der Waals surface area (Å²) in [6, 6.07) is 5.61. The standard InChI is InChI=1S/C15H21NO4/c1-4-16-8-13(14(9-16)15(17)18)10-5-11(19-2)7-12(6-10)20-3/h5-7,13-14H,4,8-9H2,1-3H3,(H,17,18). The predicted octanol–water partition coefficient (Wildman–Crippen LogP) is 1.82. The number of ether oxygens (including phenoxy) is 2. The monoisotopic (exact) mass is 279 g/mol. The minimum atomic E-state index is -0.743. The number of hydrogen-bond acceptors (Lipinski definition) is 4. The molecular formula is C15H21NO4. The summed E-state index contributed by atoms with van der Waals surface area (Å²) in [5.74, 6) is 0.229. The van der Waals surface area contributed by atoms with E-state index in [1.165, 1.54) is 0 Å². The van der Waals surface area contributed by atoms with Gasteiger partial charge >= 0.3 is 5.97 Å². The molecule has 1 aliphatic heterocycles. The largest absolute Gasteiger partial charge is 0.497 e. The number of likely N-dealkylation sites (N-methyl/N-ethyl adjacent to an activating group) is 1. The van der Waals surface area contributed by atoms with Crippen molar-refractivity contribution in [3.05, 3.63) is 23.8 Å². The van der Waals surface area contributed by atoms with Gasteiger partial charge in [0.05, 0.1) is 20.1 Å². The number of carboxylic acid groups (broad SMARTS) is 1. The maximum Gasteiger partial charge on any atom is 0.308 e. The van der Waals surface area contributed by atoms with Crippen molar-refractivity contribution >= 4 is 5.97 Å². The quantitative estimate of drug-likeness (QED) is 0.891. The first-order valence-electron chi connectivity index (χ1n) is 6.77. The van der Waals surface area contributed by atoms with Gasteiger partial charge in [-0.15, -0.1) is 0 Å². The van der Waals surface area contributed by atoms with E-state index in [-0.39, 0.29) is 11.8 Å². The highest BCUT2D eigenvalue weighted by atomic mass is 16.5. The van der Waals surface area contributed by atoms with Gasteiger partial charge in [0.1, 0.15) is 11.5 Å². The lowest BCUT2D eigenvalue weighted by Gasteiger charge is -2.17. The van der Waals surface area contributed by atoms with Crippen molar-refractivity contribution in [2.75, 3.05) is 33.9 Å². The van der Waals surface area contributed by atoms with E-state index in [0.29, 0.717) is 18.0 Å². The maximum atomic E-state index is 11.5. The van der Waals surface area contributed by atoms with E-state index in [1.807, 2.05) is 19.1 Å². The van der Waals surface area contributed by atoms with Crippen molar-refractivity contribution in [1.29, 1.82) is 0 Å². The topological polar surface area (TPSA) is 59.0 Å². The Morgan fingerprint density at radius 1 is 1.25 bits per heavy atom. The number of rotatable bonds is 5. The van der Waals surface area contributed by atoms with Crippen molar-refractivity contribution in [3.63, 3.8) is 0 Å². The van der Waals surface area contributed by atoms with Crippen LogP contribution in [0.2, 0.25) is 0 Å². The molecule has 0 spiro atoms. The lowest BCUT2D eigenvalue weighted by atomic mass is 9.89. The maximum absolute atomic E-state index is 11.5. The zero-order chi connectivity index (χ0) is 14.7. The Morgan fingerprint density at radius 2 is 1.85 bits per heavy atom. The summed E-state index contributed by atoms with van der Waals surface area (Å²) in [5.41, 5.74) is 0.963. The number of carbonyl (C=O) groups is 1. The zero-order valence-electron chi connectivity index (χ0n) is 12.1. The zero-order valence-corrected chi connectivity index (χ0v) is 12.1. The molecule has 1 aromatic rings. The molecule has 1 N–H and O–H groups in total. The molecule has 20 heavy (non-hydrogen) atoms. The number of likely N-dealkylation sites (tertiary alicyclic amines) is 1. The molecule has 0 radical (unpaired) electrons. The van der Waals surface area contributed by atoms with Crippen LogP contribution in [0.25, 0.3) is 0 Å². The van der Waals surface area contributed by atoms with Gasteiger partial charge in [0.25, 0.3) is 0 Å². The smallest absolute Gasteiger partial charge is 0.308 e. The first-order valence-corrected chi connectivity index (χ1v) is 6.77. The van der Waals surface area contributed by atoms with Crippen LogP contribution < -0.4 is 9.47 Å². The third kappa shape index (κ3) is 2.88. The Kier molecular flexibility index (Phi) is 4.49. The van der Waals surface area contributed by atoms with Gasteiger partial charge in [-0.25, -0.2) is 0 Å². The van der Waals surface area contributed by atoms with Crippen molar-refractivity contribution in [2.24, 2.45) is 5.92 Å². The number of carboxylic acids is 1. The van der Waals surface area contributed by atoms with Gasteiger partial charge in [0, 0.05) is 25.1 Å². The molecular weight excluding hydrogens is 258 g/mol. The van der Waals surface area contributed by atoms with Crippen LogP contribution in [0, 0.1) is 5.92 Å². The SMILES string of the molecule is CCN1CC(C(=O)O)C(c2cc(OC)cc(OC)c2)C1. The van der Waals surface area contributed by atoms with Crippen LogP contribution in [0.4, 0.5) is 0 Å². The molecule has 0 amide bonds. The highest BCUT2D eigenvalue weighted by Gasteiger charge is 2.38. The van der Waals surface area contributed by atoms with Crippen LogP contribution >= 0.6 is 0 Å². The summed E-state index contributed by atoms with van der Waals surface area (Å²) in [4.78, 5) is 13.6. The fraction of sp³-hybridized carbons (Fsp3) is 0.533.